The van der Waals surface area contributed by atoms with E-state index in [1.54, 1.807) is 6.20 Å². The fraction of sp³-hybridized carbons (Fsp3) is 0.294. The predicted octanol–water partition coefficient (Wildman–Crippen LogP) is 7.33. The zero-order valence-corrected chi connectivity index (χ0v) is 23.1. The Morgan fingerprint density at radius 2 is 1.57 bits per heavy atom. The molecule has 0 spiro atoms. The highest BCUT2D eigenvalue weighted by Crippen LogP contribution is 2.38. The van der Waals surface area contributed by atoms with Gasteiger partial charge < -0.3 is 9.72 Å². The molecule has 0 radical (unpaired) electrons. The summed E-state index contributed by atoms with van der Waals surface area (Å²) in [5.41, 5.74) is 10.4. The van der Waals surface area contributed by atoms with Crippen molar-refractivity contribution in [1.82, 2.24) is 19.9 Å². The van der Waals surface area contributed by atoms with E-state index in [2.05, 4.69) is 69.6 Å². The fourth-order valence-corrected chi connectivity index (χ4v) is 7.37. The van der Waals surface area contributed by atoms with Crippen molar-refractivity contribution >= 4 is 22.6 Å². The third-order valence-corrected chi connectivity index (χ3v) is 9.53. The van der Waals surface area contributed by atoms with Crippen molar-refractivity contribution in [2.24, 2.45) is 0 Å². The first-order valence-corrected chi connectivity index (χ1v) is 14.7. The number of aromatic nitrogens is 3. The van der Waals surface area contributed by atoms with Crippen molar-refractivity contribution < 1.29 is 4.74 Å². The quantitative estimate of drug-likeness (QED) is 0.240. The van der Waals surface area contributed by atoms with Gasteiger partial charge in [0, 0.05) is 58.8 Å². The number of ether oxygens (including phenoxy) is 1. The van der Waals surface area contributed by atoms with E-state index in [1.165, 1.54) is 36.0 Å². The Morgan fingerprint density at radius 1 is 0.800 bits per heavy atom. The minimum atomic E-state index is 0.651. The molecule has 5 aromatic rings. The molecule has 0 saturated carbocycles. The minimum absolute atomic E-state index is 0.651. The van der Waals surface area contributed by atoms with Crippen LogP contribution in [0.25, 0.3) is 44.5 Å². The number of aromatic amines is 1. The number of hydrogen-bond acceptors (Lipinski definition) is 4. The molecule has 3 aromatic heterocycles. The fourth-order valence-electron chi connectivity index (χ4n) is 7.14. The Hall–Kier alpha value is -3.51. The van der Waals surface area contributed by atoms with Crippen LogP contribution < -0.4 is 0 Å². The lowest BCUT2D eigenvalue weighted by Crippen LogP contribution is -2.66. The zero-order valence-electron chi connectivity index (χ0n) is 22.3. The molecule has 2 aliphatic heterocycles. The van der Waals surface area contributed by atoms with Gasteiger partial charge >= 0.3 is 0 Å². The summed E-state index contributed by atoms with van der Waals surface area (Å²) in [6.45, 7) is 1.84. The van der Waals surface area contributed by atoms with Gasteiger partial charge in [-0.1, -0.05) is 54.1 Å². The third kappa shape index (κ3) is 4.15. The number of nitrogens with zero attached hydrogens (tertiary/aromatic N) is 3. The van der Waals surface area contributed by atoms with Crippen LogP contribution in [-0.4, -0.2) is 51.2 Å². The maximum absolute atomic E-state index is 6.37. The van der Waals surface area contributed by atoms with Gasteiger partial charge in [-0.25, -0.2) is 4.98 Å². The minimum Gasteiger partial charge on any atom is -0.378 e. The van der Waals surface area contributed by atoms with Crippen LogP contribution in [0.15, 0.2) is 79.3 Å². The van der Waals surface area contributed by atoms with Gasteiger partial charge in [0.25, 0.3) is 0 Å². The molecule has 40 heavy (non-hydrogen) atoms. The monoisotopic (exact) mass is 546 g/mol. The molecule has 3 aliphatic rings. The number of rotatable bonds is 4. The van der Waals surface area contributed by atoms with E-state index in [1.807, 2.05) is 18.3 Å². The van der Waals surface area contributed by atoms with Crippen LogP contribution in [0.2, 0.25) is 5.02 Å². The number of hydrogen-bond donors (Lipinski definition) is 1. The average molecular weight is 547 g/mol. The number of benzene rings is 2. The Balaban J connectivity index is 1.06. The van der Waals surface area contributed by atoms with Gasteiger partial charge in [-0.05, 0) is 72.6 Å². The highest BCUT2D eigenvalue weighted by Gasteiger charge is 2.45. The third-order valence-electron chi connectivity index (χ3n) is 9.22. The Kier molecular flexibility index (Phi) is 5.98. The summed E-state index contributed by atoms with van der Waals surface area (Å²) in [5.74, 6) is 0. The van der Waals surface area contributed by atoms with Crippen molar-refractivity contribution in [3.8, 4) is 33.5 Å². The van der Waals surface area contributed by atoms with Crippen molar-refractivity contribution in [2.75, 3.05) is 13.2 Å². The number of halogens is 1. The molecule has 1 N–H and O–H groups in total. The van der Waals surface area contributed by atoms with Gasteiger partial charge in [-0.2, -0.15) is 0 Å². The van der Waals surface area contributed by atoms with E-state index in [0.29, 0.717) is 23.1 Å². The first-order valence-electron chi connectivity index (χ1n) is 14.4. The molecular formula is C34H31ClN4O. The first-order chi connectivity index (χ1) is 19.7. The summed E-state index contributed by atoms with van der Waals surface area (Å²) >= 11 is 6.37. The van der Waals surface area contributed by atoms with Crippen molar-refractivity contribution in [1.29, 1.82) is 0 Å². The largest absolute Gasteiger partial charge is 0.378 e. The summed E-state index contributed by atoms with van der Waals surface area (Å²) in [5, 5.41) is 1.79. The molecule has 2 aromatic carbocycles. The van der Waals surface area contributed by atoms with E-state index in [4.69, 9.17) is 21.3 Å². The summed E-state index contributed by atoms with van der Waals surface area (Å²) in [6.07, 6.45) is 11.9. The predicted molar refractivity (Wildman–Crippen MR) is 160 cm³/mol. The molecule has 2 bridgehead atoms. The van der Waals surface area contributed by atoms with Gasteiger partial charge in [0.2, 0.25) is 0 Å². The average Bonchev–Trinajstić information content (AvgIpc) is 3.32. The van der Waals surface area contributed by atoms with Crippen LogP contribution >= 0.6 is 11.6 Å². The molecule has 5 nitrogen and oxygen atoms in total. The Labute approximate surface area is 239 Å². The number of morpholine rings is 1. The van der Waals surface area contributed by atoms with E-state index in [0.717, 1.165) is 65.0 Å². The van der Waals surface area contributed by atoms with Crippen LogP contribution in [-0.2, 0) is 17.6 Å². The molecule has 2 fully saturated rings. The molecule has 200 valence electrons. The number of pyridine rings is 2. The summed E-state index contributed by atoms with van der Waals surface area (Å²) < 4.78 is 5.74. The smallest absolute Gasteiger partial charge is 0.137 e. The summed E-state index contributed by atoms with van der Waals surface area (Å²) in [7, 11) is 0. The Bertz CT molecular complexity index is 1700. The molecule has 5 heterocycles. The highest BCUT2D eigenvalue weighted by atomic mass is 35.5. The number of aryl methyl sites for hydroxylation is 2. The normalized spacial score (nSPS) is 22.5. The van der Waals surface area contributed by atoms with Crippen LogP contribution in [0.1, 0.15) is 30.4 Å². The molecule has 8 rings (SSSR count). The number of fused-ring (bicyclic) bond motifs is 4. The molecule has 3 atom stereocenters. The molecular weight excluding hydrogens is 516 g/mol. The lowest BCUT2D eigenvalue weighted by atomic mass is 9.87. The van der Waals surface area contributed by atoms with Gasteiger partial charge in [-0.15, -0.1) is 0 Å². The zero-order chi connectivity index (χ0) is 26.6. The van der Waals surface area contributed by atoms with Crippen LogP contribution in [0.5, 0.6) is 0 Å². The van der Waals surface area contributed by atoms with Crippen molar-refractivity contribution in [3.05, 3.63) is 95.4 Å². The SMILES string of the molecule is Clc1cccnc1-c1ccc(-c2c[nH]c3ncc(-c4ccc5c(c4)CC[C@@H](N4C6COCC4C6)CC5)cc23)cc1. The topological polar surface area (TPSA) is 54.0 Å². The molecule has 6 heteroatoms. The molecule has 0 amide bonds. The first kappa shape index (κ1) is 24.3. The van der Waals surface area contributed by atoms with Crippen LogP contribution in [0, 0.1) is 0 Å². The maximum Gasteiger partial charge on any atom is 0.137 e. The van der Waals surface area contributed by atoms with E-state index < -0.39 is 0 Å². The summed E-state index contributed by atoms with van der Waals surface area (Å²) in [4.78, 5) is 15.4. The lowest BCUT2D eigenvalue weighted by molar-refractivity contribution is -0.148. The van der Waals surface area contributed by atoms with Gasteiger partial charge in [-0.3, -0.25) is 9.88 Å². The van der Waals surface area contributed by atoms with Crippen LogP contribution in [0.4, 0.5) is 0 Å². The standard InChI is InChI=1S/C34H31ClN4O/c35-32-2-1-13-36-33(32)23-6-4-22(5-7-23)31-18-38-34-30(31)15-26(17-37-34)25-8-3-21-9-11-27(12-10-24(21)14-25)39-28-16-29(39)20-40-19-28/h1-8,13-15,17-18,27-29H,9-12,16,19-20H2,(H,37,38)/t27-,28?,29?/m0/s1. The van der Waals surface area contributed by atoms with Gasteiger partial charge in [0.05, 0.1) is 23.9 Å². The maximum atomic E-state index is 6.37. The number of H-pyrrole nitrogens is 1. The molecule has 2 saturated heterocycles. The van der Waals surface area contributed by atoms with Crippen LogP contribution in [0.3, 0.4) is 0 Å². The second-order valence-electron chi connectivity index (χ2n) is 11.5. The molecule has 2 unspecified atom stereocenters. The van der Waals surface area contributed by atoms with Crippen molar-refractivity contribution in [2.45, 2.75) is 50.2 Å². The highest BCUT2D eigenvalue weighted by molar-refractivity contribution is 6.33. The van der Waals surface area contributed by atoms with E-state index >= 15 is 0 Å². The van der Waals surface area contributed by atoms with Gasteiger partial charge in [0.1, 0.15) is 5.65 Å². The van der Waals surface area contributed by atoms with E-state index in [-0.39, 0.29) is 0 Å². The molecule has 1 aliphatic carbocycles. The summed E-state index contributed by atoms with van der Waals surface area (Å²) in [6, 6.07) is 23.5. The second kappa shape index (κ2) is 9.84. The van der Waals surface area contributed by atoms with E-state index in [9.17, 15) is 0 Å². The number of nitrogens with one attached hydrogen (secondary N) is 1. The van der Waals surface area contributed by atoms with Crippen molar-refractivity contribution in [3.63, 3.8) is 0 Å². The Morgan fingerprint density at radius 3 is 2.38 bits per heavy atom. The lowest BCUT2D eigenvalue weighted by Gasteiger charge is -2.56. The van der Waals surface area contributed by atoms with Gasteiger partial charge in [0.15, 0.2) is 0 Å². The second-order valence-corrected chi connectivity index (χ2v) is 11.9.